The third kappa shape index (κ3) is 8.34. The maximum atomic E-state index is 14.0. The van der Waals surface area contributed by atoms with Crippen LogP contribution in [0, 0.1) is 6.92 Å². The molecule has 0 atom stereocenters. The number of hydrogen-bond acceptors (Lipinski definition) is 6. The maximum absolute atomic E-state index is 14.0. The minimum Gasteiger partial charge on any atom is -0.495 e. The summed E-state index contributed by atoms with van der Waals surface area (Å²) < 4.78 is 38.8. The molecule has 3 aromatic carbocycles. The molecule has 0 bridgehead atoms. The van der Waals surface area contributed by atoms with Crippen molar-refractivity contribution in [1.29, 1.82) is 0 Å². The minimum atomic E-state index is -3.93. The molecular weight excluding hydrogens is 568 g/mol. The minimum absolute atomic E-state index is 0.0411. The zero-order valence-corrected chi connectivity index (χ0v) is 25.8. The number of urea groups is 1. The van der Waals surface area contributed by atoms with Gasteiger partial charge in [0, 0.05) is 39.3 Å². The molecule has 1 saturated heterocycles. The number of likely N-dealkylation sites (tertiary alicyclic amines) is 1. The molecule has 10 nitrogen and oxygen atoms in total. The number of para-hydroxylation sites is 2. The van der Waals surface area contributed by atoms with Crippen LogP contribution in [0.3, 0.4) is 0 Å². The summed E-state index contributed by atoms with van der Waals surface area (Å²) in [6.45, 7) is 3.09. The fourth-order valence-corrected chi connectivity index (χ4v) is 6.49. The topological polar surface area (TPSA) is 108 Å². The van der Waals surface area contributed by atoms with E-state index < -0.39 is 10.0 Å². The Morgan fingerprint density at radius 1 is 0.930 bits per heavy atom. The SMILES string of the molecule is COCCN(CC(=O)N(Cc1ccc(C)cc1)C1CCN(C(=O)Nc2ccccc2OC)CC1)S(=O)(=O)c1ccccc1. The van der Waals surface area contributed by atoms with Crippen LogP contribution in [0.2, 0.25) is 0 Å². The Morgan fingerprint density at radius 3 is 2.23 bits per heavy atom. The second kappa shape index (κ2) is 15.0. The van der Waals surface area contributed by atoms with Crippen LogP contribution in [-0.4, -0.2) is 87.5 Å². The lowest BCUT2D eigenvalue weighted by molar-refractivity contribution is -0.135. The van der Waals surface area contributed by atoms with Gasteiger partial charge in [0.2, 0.25) is 15.9 Å². The highest BCUT2D eigenvalue weighted by Crippen LogP contribution is 2.25. The number of methoxy groups -OCH3 is 2. The van der Waals surface area contributed by atoms with Gasteiger partial charge < -0.3 is 24.6 Å². The number of rotatable bonds is 12. The fraction of sp³-hybridized carbons (Fsp3) is 0.375. The predicted molar refractivity (Wildman–Crippen MR) is 165 cm³/mol. The molecule has 230 valence electrons. The number of benzene rings is 3. The molecule has 0 aromatic heterocycles. The van der Waals surface area contributed by atoms with E-state index in [4.69, 9.17) is 9.47 Å². The Kier molecular flexibility index (Phi) is 11.2. The molecule has 11 heteroatoms. The Morgan fingerprint density at radius 2 is 1.58 bits per heavy atom. The van der Waals surface area contributed by atoms with Crippen molar-refractivity contribution in [3.05, 3.63) is 90.0 Å². The van der Waals surface area contributed by atoms with Crippen LogP contribution in [0.15, 0.2) is 83.8 Å². The Bertz CT molecular complexity index is 1460. The lowest BCUT2D eigenvalue weighted by Crippen LogP contribution is -2.52. The number of sulfonamides is 1. The van der Waals surface area contributed by atoms with Crippen LogP contribution in [0.25, 0.3) is 0 Å². The Balaban J connectivity index is 1.51. The van der Waals surface area contributed by atoms with Crippen molar-refractivity contribution in [2.24, 2.45) is 0 Å². The van der Waals surface area contributed by atoms with Crippen molar-refractivity contribution < 1.29 is 27.5 Å². The second-order valence-electron chi connectivity index (χ2n) is 10.5. The molecular formula is C32H40N4O6S. The lowest BCUT2D eigenvalue weighted by atomic mass is 10.0. The molecule has 0 radical (unpaired) electrons. The number of nitrogens with zero attached hydrogens (tertiary/aromatic N) is 3. The number of carbonyl (C=O) groups is 2. The average molecular weight is 609 g/mol. The van der Waals surface area contributed by atoms with Crippen molar-refractivity contribution in [1.82, 2.24) is 14.1 Å². The van der Waals surface area contributed by atoms with E-state index in [0.29, 0.717) is 43.9 Å². The first-order chi connectivity index (χ1) is 20.7. The van der Waals surface area contributed by atoms with Crippen molar-refractivity contribution in [2.75, 3.05) is 52.3 Å². The molecule has 1 aliphatic heterocycles. The molecule has 1 fully saturated rings. The van der Waals surface area contributed by atoms with E-state index in [1.54, 1.807) is 47.2 Å². The summed E-state index contributed by atoms with van der Waals surface area (Å²) in [5.74, 6) is 0.275. The van der Waals surface area contributed by atoms with Crippen molar-refractivity contribution in [3.8, 4) is 5.75 Å². The largest absolute Gasteiger partial charge is 0.495 e. The highest BCUT2D eigenvalue weighted by atomic mass is 32.2. The number of anilines is 1. The molecule has 0 spiro atoms. The third-order valence-corrected chi connectivity index (χ3v) is 9.43. The number of hydrogen-bond donors (Lipinski definition) is 1. The Labute approximate surface area is 254 Å². The maximum Gasteiger partial charge on any atom is 0.321 e. The number of carbonyl (C=O) groups excluding carboxylic acids is 2. The first kappa shape index (κ1) is 32.0. The Hall–Kier alpha value is -3.93. The molecule has 43 heavy (non-hydrogen) atoms. The smallest absolute Gasteiger partial charge is 0.321 e. The van der Waals surface area contributed by atoms with E-state index in [0.717, 1.165) is 11.1 Å². The number of piperidine rings is 1. The average Bonchev–Trinajstić information content (AvgIpc) is 3.03. The van der Waals surface area contributed by atoms with Crippen LogP contribution >= 0.6 is 0 Å². The monoisotopic (exact) mass is 608 g/mol. The summed E-state index contributed by atoms with van der Waals surface area (Å²) in [5, 5.41) is 2.92. The quantitative estimate of drug-likeness (QED) is 0.327. The van der Waals surface area contributed by atoms with Crippen molar-refractivity contribution >= 4 is 27.6 Å². The van der Waals surface area contributed by atoms with Crippen LogP contribution in [-0.2, 0) is 26.1 Å². The van der Waals surface area contributed by atoms with Gasteiger partial charge in [0.25, 0.3) is 0 Å². The number of nitrogens with one attached hydrogen (secondary N) is 1. The highest BCUT2D eigenvalue weighted by Gasteiger charge is 2.33. The zero-order chi connectivity index (χ0) is 30.8. The molecule has 0 saturated carbocycles. The third-order valence-electron chi connectivity index (χ3n) is 7.57. The van der Waals surface area contributed by atoms with Gasteiger partial charge in [-0.3, -0.25) is 4.79 Å². The van der Waals surface area contributed by atoms with Crippen LogP contribution in [0.4, 0.5) is 10.5 Å². The van der Waals surface area contributed by atoms with Gasteiger partial charge >= 0.3 is 6.03 Å². The van der Waals surface area contributed by atoms with Gasteiger partial charge in [0.15, 0.2) is 0 Å². The molecule has 0 aliphatic carbocycles. The molecule has 4 rings (SSSR count). The lowest BCUT2D eigenvalue weighted by Gasteiger charge is -2.39. The number of aryl methyl sites for hydroxylation is 1. The summed E-state index contributed by atoms with van der Waals surface area (Å²) in [6.07, 6.45) is 1.11. The van der Waals surface area contributed by atoms with E-state index in [1.807, 2.05) is 43.3 Å². The molecule has 0 unspecified atom stereocenters. The molecule has 3 aromatic rings. The van der Waals surface area contributed by atoms with E-state index in [2.05, 4.69) is 5.32 Å². The second-order valence-corrected chi connectivity index (χ2v) is 12.4. The normalized spacial score (nSPS) is 14.0. The van der Waals surface area contributed by atoms with E-state index in [1.165, 1.54) is 23.5 Å². The van der Waals surface area contributed by atoms with Gasteiger partial charge in [-0.15, -0.1) is 0 Å². The van der Waals surface area contributed by atoms with Gasteiger partial charge in [-0.2, -0.15) is 4.31 Å². The highest BCUT2D eigenvalue weighted by molar-refractivity contribution is 7.89. The van der Waals surface area contributed by atoms with Gasteiger partial charge in [0.05, 0.1) is 30.8 Å². The summed E-state index contributed by atoms with van der Waals surface area (Å²) >= 11 is 0. The standard InChI is InChI=1S/C32H40N4O6S/c1-25-13-15-26(16-14-25)23-36(31(37)24-35(21-22-41-2)43(39,40)28-9-5-4-6-10-28)27-17-19-34(20-18-27)32(38)33-29-11-7-8-12-30(29)42-3/h4-16,27H,17-24H2,1-3H3,(H,33,38). The molecule has 3 amide bonds. The zero-order valence-electron chi connectivity index (χ0n) is 24.9. The molecule has 1 heterocycles. The summed E-state index contributed by atoms with van der Waals surface area (Å²) in [7, 11) is -0.882. The summed E-state index contributed by atoms with van der Waals surface area (Å²) in [6, 6.07) is 22.9. The van der Waals surface area contributed by atoms with Crippen LogP contribution < -0.4 is 10.1 Å². The summed E-state index contributed by atoms with van der Waals surface area (Å²) in [5.41, 5.74) is 2.64. The number of ether oxygens (including phenoxy) is 2. The van der Waals surface area contributed by atoms with Gasteiger partial charge in [0.1, 0.15) is 5.75 Å². The van der Waals surface area contributed by atoms with Crippen LogP contribution in [0.1, 0.15) is 24.0 Å². The van der Waals surface area contributed by atoms with E-state index in [9.17, 15) is 18.0 Å². The van der Waals surface area contributed by atoms with Crippen LogP contribution in [0.5, 0.6) is 5.75 Å². The fourth-order valence-electron chi connectivity index (χ4n) is 5.09. The predicted octanol–water partition coefficient (Wildman–Crippen LogP) is 4.37. The first-order valence-electron chi connectivity index (χ1n) is 14.3. The van der Waals surface area contributed by atoms with Gasteiger partial charge in [-0.25, -0.2) is 13.2 Å². The summed E-state index contributed by atoms with van der Waals surface area (Å²) in [4.78, 5) is 30.6. The van der Waals surface area contributed by atoms with Crippen molar-refractivity contribution in [3.63, 3.8) is 0 Å². The molecule has 1 aliphatic rings. The van der Waals surface area contributed by atoms with Gasteiger partial charge in [-0.05, 0) is 49.6 Å². The van der Waals surface area contributed by atoms with E-state index >= 15 is 0 Å². The first-order valence-corrected chi connectivity index (χ1v) is 15.7. The van der Waals surface area contributed by atoms with Gasteiger partial charge in [-0.1, -0.05) is 60.2 Å². The van der Waals surface area contributed by atoms with Crippen molar-refractivity contribution in [2.45, 2.75) is 37.2 Å². The molecule has 1 N–H and O–H groups in total. The number of amides is 3. The van der Waals surface area contributed by atoms with E-state index in [-0.39, 0.29) is 42.6 Å².